The molecule has 2 aromatic carbocycles. The van der Waals surface area contributed by atoms with Crippen molar-refractivity contribution in [2.45, 2.75) is 57.2 Å². The lowest BCUT2D eigenvalue weighted by Gasteiger charge is -2.42. The van der Waals surface area contributed by atoms with Crippen molar-refractivity contribution < 1.29 is 27.1 Å². The number of aliphatic hydroxyl groups excluding tert-OH is 1. The van der Waals surface area contributed by atoms with Crippen molar-refractivity contribution in [3.63, 3.8) is 0 Å². The van der Waals surface area contributed by atoms with E-state index >= 15 is 8.78 Å². The average molecular weight is 551 g/mol. The lowest BCUT2D eigenvalue weighted by Crippen LogP contribution is -2.49. The zero-order chi connectivity index (χ0) is 27.9. The third-order valence-electron chi connectivity index (χ3n) is 8.01. The SMILES string of the molecule is Cc1ccc2[nH]c3c(c2c1)C[C@@H](C)N(CC(F)(F)CO)[C@@H]3c1c(F)cc(N[C@H]2CCN(CCCF)C2)cc1F. The number of aromatic amines is 1. The minimum absolute atomic E-state index is 0.0349. The number of hydrogen-bond donors (Lipinski definition) is 3. The van der Waals surface area contributed by atoms with Gasteiger partial charge in [0.2, 0.25) is 0 Å². The quantitative estimate of drug-likeness (QED) is 0.305. The highest BCUT2D eigenvalue weighted by Gasteiger charge is 2.43. The summed E-state index contributed by atoms with van der Waals surface area (Å²) < 4.78 is 73.2. The van der Waals surface area contributed by atoms with Crippen molar-refractivity contribution in [2.24, 2.45) is 0 Å². The highest BCUT2D eigenvalue weighted by atomic mass is 19.3. The maximum Gasteiger partial charge on any atom is 0.283 e. The van der Waals surface area contributed by atoms with Crippen LogP contribution in [0.3, 0.4) is 0 Å². The molecule has 3 heterocycles. The maximum absolute atomic E-state index is 15.8. The van der Waals surface area contributed by atoms with Gasteiger partial charge < -0.3 is 20.3 Å². The van der Waals surface area contributed by atoms with Crippen LogP contribution in [0.25, 0.3) is 10.9 Å². The summed E-state index contributed by atoms with van der Waals surface area (Å²) in [6, 6.07) is 6.60. The van der Waals surface area contributed by atoms with Crippen LogP contribution in [-0.2, 0) is 6.42 Å². The number of aromatic nitrogens is 1. The molecule has 0 bridgehead atoms. The number of rotatable bonds is 9. The summed E-state index contributed by atoms with van der Waals surface area (Å²) in [5.41, 5.74) is 3.10. The number of alkyl halides is 3. The summed E-state index contributed by atoms with van der Waals surface area (Å²) in [5, 5.41) is 13.4. The lowest BCUT2D eigenvalue weighted by molar-refractivity contribution is -0.0869. The summed E-state index contributed by atoms with van der Waals surface area (Å²) in [6.07, 6.45) is 1.63. The van der Waals surface area contributed by atoms with E-state index in [0.29, 0.717) is 31.6 Å². The van der Waals surface area contributed by atoms with E-state index in [1.807, 2.05) is 25.1 Å². The van der Waals surface area contributed by atoms with Crippen molar-refractivity contribution in [1.82, 2.24) is 14.8 Å². The maximum atomic E-state index is 15.8. The van der Waals surface area contributed by atoms with E-state index in [9.17, 15) is 18.3 Å². The number of fused-ring (bicyclic) bond motifs is 3. The highest BCUT2D eigenvalue weighted by molar-refractivity contribution is 5.86. The molecule has 5 rings (SSSR count). The molecule has 212 valence electrons. The van der Waals surface area contributed by atoms with Gasteiger partial charge in [0.15, 0.2) is 0 Å². The number of anilines is 1. The predicted octanol–water partition coefficient (Wildman–Crippen LogP) is 5.56. The van der Waals surface area contributed by atoms with Gasteiger partial charge in [0.1, 0.15) is 18.2 Å². The van der Waals surface area contributed by atoms with Crippen molar-refractivity contribution in [1.29, 1.82) is 0 Å². The third kappa shape index (κ3) is 5.64. The number of aryl methyl sites for hydroxylation is 1. The van der Waals surface area contributed by atoms with Gasteiger partial charge in [0.25, 0.3) is 5.92 Å². The van der Waals surface area contributed by atoms with Gasteiger partial charge in [0, 0.05) is 59.6 Å². The second-order valence-electron chi connectivity index (χ2n) is 11.0. The van der Waals surface area contributed by atoms with Gasteiger partial charge in [-0.25, -0.2) is 17.6 Å². The van der Waals surface area contributed by atoms with Crippen molar-refractivity contribution in [3.05, 3.63) is 64.4 Å². The van der Waals surface area contributed by atoms with Crippen LogP contribution < -0.4 is 5.32 Å². The molecule has 3 aromatic rings. The summed E-state index contributed by atoms with van der Waals surface area (Å²) >= 11 is 0. The largest absolute Gasteiger partial charge is 0.390 e. The van der Waals surface area contributed by atoms with Crippen LogP contribution in [-0.4, -0.2) is 77.4 Å². The number of halogens is 5. The first kappa shape index (κ1) is 27.9. The molecule has 1 saturated heterocycles. The van der Waals surface area contributed by atoms with Gasteiger partial charge >= 0.3 is 0 Å². The lowest BCUT2D eigenvalue weighted by atomic mass is 9.87. The Labute approximate surface area is 225 Å². The van der Waals surface area contributed by atoms with Crippen LogP contribution in [0.5, 0.6) is 0 Å². The molecule has 3 N–H and O–H groups in total. The molecule has 10 heteroatoms. The molecule has 2 aliphatic heterocycles. The molecule has 0 amide bonds. The number of H-pyrrole nitrogens is 1. The first-order chi connectivity index (χ1) is 18.6. The van der Waals surface area contributed by atoms with E-state index in [2.05, 4.69) is 15.2 Å². The number of nitrogens with zero attached hydrogens (tertiary/aromatic N) is 2. The Kier molecular flexibility index (Phi) is 7.90. The van der Waals surface area contributed by atoms with E-state index in [-0.39, 0.29) is 24.0 Å². The fraction of sp³-hybridized carbons (Fsp3) is 0.517. The van der Waals surface area contributed by atoms with Gasteiger partial charge in [-0.3, -0.25) is 9.29 Å². The van der Waals surface area contributed by atoms with E-state index in [1.54, 1.807) is 6.92 Å². The number of likely N-dealkylation sites (tertiary alicyclic amines) is 1. The first-order valence-corrected chi connectivity index (χ1v) is 13.5. The molecule has 3 atom stereocenters. The van der Waals surface area contributed by atoms with Crippen molar-refractivity contribution in [3.8, 4) is 0 Å². The smallest absolute Gasteiger partial charge is 0.283 e. The van der Waals surface area contributed by atoms with Crippen LogP contribution in [0.1, 0.15) is 48.2 Å². The highest BCUT2D eigenvalue weighted by Crippen LogP contribution is 2.44. The van der Waals surface area contributed by atoms with Crippen LogP contribution in [0.15, 0.2) is 30.3 Å². The van der Waals surface area contributed by atoms with Crippen molar-refractivity contribution in [2.75, 3.05) is 44.8 Å². The molecule has 5 nitrogen and oxygen atoms in total. The Morgan fingerprint density at radius 2 is 1.90 bits per heavy atom. The molecule has 2 aliphatic rings. The Morgan fingerprint density at radius 3 is 2.59 bits per heavy atom. The van der Waals surface area contributed by atoms with E-state index in [4.69, 9.17) is 0 Å². The Hall–Kier alpha value is -2.69. The normalized spacial score (nSPS) is 22.5. The van der Waals surface area contributed by atoms with Crippen LogP contribution in [0.2, 0.25) is 0 Å². The van der Waals surface area contributed by atoms with Gasteiger partial charge in [-0.05, 0) is 62.9 Å². The van der Waals surface area contributed by atoms with Crippen LogP contribution in [0, 0.1) is 18.6 Å². The summed E-state index contributed by atoms with van der Waals surface area (Å²) in [4.78, 5) is 6.76. The van der Waals surface area contributed by atoms with Crippen LogP contribution >= 0.6 is 0 Å². The molecule has 0 radical (unpaired) electrons. The average Bonchev–Trinajstić information content (AvgIpc) is 3.47. The molecular formula is C29H35F5N4O. The van der Waals surface area contributed by atoms with E-state index in [0.717, 1.165) is 35.0 Å². The molecule has 0 spiro atoms. The van der Waals surface area contributed by atoms with Gasteiger partial charge in [-0.15, -0.1) is 0 Å². The minimum Gasteiger partial charge on any atom is -0.390 e. The topological polar surface area (TPSA) is 54.5 Å². The van der Waals surface area contributed by atoms with Gasteiger partial charge in [-0.1, -0.05) is 11.6 Å². The van der Waals surface area contributed by atoms with Gasteiger partial charge in [-0.2, -0.15) is 0 Å². The van der Waals surface area contributed by atoms with Crippen molar-refractivity contribution >= 4 is 16.6 Å². The summed E-state index contributed by atoms with van der Waals surface area (Å²) in [6.45, 7) is 3.18. The standard InChI is InChI=1S/C29H35F5N4O/c1-17-4-5-25-21(10-17)22-11-18(2)38(15-29(33,34)16-39)28(27(22)36-25)26-23(31)12-20(13-24(26)32)35-19-6-9-37(14-19)8-3-7-30/h4-5,10,12-13,18-19,28,35-36,39H,3,6-9,11,14-16H2,1-2H3/t18-,19+,28-/m1/s1. The monoisotopic (exact) mass is 550 g/mol. The number of aliphatic hydroxyl groups is 1. The zero-order valence-corrected chi connectivity index (χ0v) is 22.2. The minimum atomic E-state index is -3.45. The molecule has 0 saturated carbocycles. The van der Waals surface area contributed by atoms with E-state index < -0.39 is 42.8 Å². The molecule has 39 heavy (non-hydrogen) atoms. The van der Waals surface area contributed by atoms with Gasteiger partial charge in [0.05, 0.1) is 19.3 Å². The molecule has 0 unspecified atom stereocenters. The number of hydrogen-bond acceptors (Lipinski definition) is 4. The number of benzene rings is 2. The molecule has 1 aromatic heterocycles. The molecule has 0 aliphatic carbocycles. The fourth-order valence-electron chi connectivity index (χ4n) is 6.14. The second kappa shape index (κ2) is 11.1. The third-order valence-corrected chi connectivity index (χ3v) is 8.01. The predicted molar refractivity (Wildman–Crippen MR) is 142 cm³/mol. The Morgan fingerprint density at radius 1 is 1.15 bits per heavy atom. The second-order valence-corrected chi connectivity index (χ2v) is 11.0. The summed E-state index contributed by atoms with van der Waals surface area (Å²) in [7, 11) is 0. The van der Waals surface area contributed by atoms with Crippen LogP contribution in [0.4, 0.5) is 27.6 Å². The summed E-state index contributed by atoms with van der Waals surface area (Å²) in [5.74, 6) is -5.11. The fourth-order valence-corrected chi connectivity index (χ4v) is 6.14. The Balaban J connectivity index is 1.52. The molecular weight excluding hydrogens is 515 g/mol. The van der Waals surface area contributed by atoms with E-state index in [1.165, 1.54) is 17.0 Å². The molecule has 1 fully saturated rings. The Bertz CT molecular complexity index is 1310. The first-order valence-electron chi connectivity index (χ1n) is 13.5. The zero-order valence-electron chi connectivity index (χ0n) is 22.2. The number of nitrogens with one attached hydrogen (secondary N) is 2.